The molecule has 130 valence electrons. The first-order chi connectivity index (χ1) is 12.0. The van der Waals surface area contributed by atoms with Crippen LogP contribution in [0.5, 0.6) is 5.75 Å². The van der Waals surface area contributed by atoms with Crippen LogP contribution < -0.4 is 10.1 Å². The van der Waals surface area contributed by atoms with Crippen molar-refractivity contribution < 1.29 is 18.5 Å². The van der Waals surface area contributed by atoms with E-state index in [1.54, 1.807) is 27.0 Å². The molecule has 2 aromatic heterocycles. The number of nitrogens with one attached hydrogen (secondary N) is 1. The number of amides is 1. The summed E-state index contributed by atoms with van der Waals surface area (Å²) >= 11 is 1.16. The summed E-state index contributed by atoms with van der Waals surface area (Å²) in [6.07, 6.45) is 0. The average molecular weight is 360 g/mol. The minimum absolute atomic E-state index is 0.245. The van der Waals surface area contributed by atoms with Crippen molar-refractivity contribution in [1.82, 2.24) is 15.4 Å². The standard InChI is InChI=1S/C16H16N4O4S/c1-9-8-13(24-20-9)17-14(21)10(2)25-16-19-18-15(23-16)11-4-6-12(22-3)7-5-11/h4-8,10H,1-3H3,(H,17,21). The summed E-state index contributed by atoms with van der Waals surface area (Å²) in [7, 11) is 1.60. The molecule has 0 spiro atoms. The van der Waals surface area contributed by atoms with E-state index in [0.29, 0.717) is 22.7 Å². The van der Waals surface area contributed by atoms with Gasteiger partial charge in [-0.2, -0.15) is 0 Å². The molecular formula is C16H16N4O4S. The number of thioether (sulfide) groups is 1. The molecular weight excluding hydrogens is 344 g/mol. The lowest BCUT2D eigenvalue weighted by Crippen LogP contribution is -2.22. The molecule has 0 fully saturated rings. The van der Waals surface area contributed by atoms with E-state index < -0.39 is 5.25 Å². The predicted molar refractivity (Wildman–Crippen MR) is 91.5 cm³/mol. The van der Waals surface area contributed by atoms with E-state index in [9.17, 15) is 4.79 Å². The van der Waals surface area contributed by atoms with Gasteiger partial charge in [0, 0.05) is 11.6 Å². The van der Waals surface area contributed by atoms with Crippen LogP contribution in [0.1, 0.15) is 12.6 Å². The molecule has 2 heterocycles. The van der Waals surface area contributed by atoms with Crippen molar-refractivity contribution in [2.45, 2.75) is 24.3 Å². The topological polar surface area (TPSA) is 103 Å². The maximum absolute atomic E-state index is 12.1. The van der Waals surface area contributed by atoms with Gasteiger partial charge in [-0.05, 0) is 38.1 Å². The van der Waals surface area contributed by atoms with Crippen molar-refractivity contribution in [2.75, 3.05) is 12.4 Å². The summed E-state index contributed by atoms with van der Waals surface area (Å²) in [6, 6.07) is 8.90. The molecule has 0 saturated carbocycles. The quantitative estimate of drug-likeness (QED) is 0.669. The number of aromatic nitrogens is 3. The molecule has 3 aromatic rings. The fraction of sp³-hybridized carbons (Fsp3) is 0.250. The number of anilines is 1. The highest BCUT2D eigenvalue weighted by Crippen LogP contribution is 2.27. The number of carbonyl (C=O) groups is 1. The zero-order valence-corrected chi connectivity index (χ0v) is 14.7. The highest BCUT2D eigenvalue weighted by molar-refractivity contribution is 8.00. The normalized spacial score (nSPS) is 12.0. The van der Waals surface area contributed by atoms with E-state index >= 15 is 0 Å². The number of hydrogen-bond donors (Lipinski definition) is 1. The number of nitrogens with zero attached hydrogens (tertiary/aromatic N) is 3. The molecule has 0 radical (unpaired) electrons. The number of benzene rings is 1. The van der Waals surface area contributed by atoms with E-state index in [2.05, 4.69) is 20.7 Å². The van der Waals surface area contributed by atoms with Crippen molar-refractivity contribution in [3.05, 3.63) is 36.0 Å². The molecule has 3 rings (SSSR count). The van der Waals surface area contributed by atoms with Crippen molar-refractivity contribution in [2.24, 2.45) is 0 Å². The molecule has 0 aliphatic heterocycles. The van der Waals surface area contributed by atoms with Crippen LogP contribution in [0.4, 0.5) is 5.88 Å². The molecule has 9 heteroatoms. The maximum Gasteiger partial charge on any atom is 0.277 e. The number of methoxy groups -OCH3 is 1. The van der Waals surface area contributed by atoms with Crippen molar-refractivity contribution in [1.29, 1.82) is 0 Å². The van der Waals surface area contributed by atoms with Gasteiger partial charge in [0.05, 0.1) is 18.1 Å². The first-order valence-corrected chi connectivity index (χ1v) is 8.32. The van der Waals surface area contributed by atoms with Crippen molar-refractivity contribution >= 4 is 23.6 Å². The van der Waals surface area contributed by atoms with Gasteiger partial charge in [-0.25, -0.2) is 0 Å². The Morgan fingerprint density at radius 3 is 2.68 bits per heavy atom. The Morgan fingerprint density at radius 1 is 1.28 bits per heavy atom. The second kappa shape index (κ2) is 7.39. The number of hydrogen-bond acceptors (Lipinski definition) is 8. The van der Waals surface area contributed by atoms with Crippen molar-refractivity contribution in [3.8, 4) is 17.2 Å². The van der Waals surface area contributed by atoms with Crippen LogP contribution >= 0.6 is 11.8 Å². The van der Waals surface area contributed by atoms with Gasteiger partial charge in [-0.3, -0.25) is 10.1 Å². The Kier molecular flexibility index (Phi) is 5.03. The molecule has 1 amide bonds. The fourth-order valence-corrected chi connectivity index (χ4v) is 2.64. The second-order valence-electron chi connectivity index (χ2n) is 5.18. The Balaban J connectivity index is 1.62. The maximum atomic E-state index is 12.1. The summed E-state index contributed by atoms with van der Waals surface area (Å²) < 4.78 is 15.7. The van der Waals surface area contributed by atoms with Gasteiger partial charge in [0.15, 0.2) is 0 Å². The highest BCUT2D eigenvalue weighted by Gasteiger charge is 2.20. The molecule has 1 N–H and O–H groups in total. The molecule has 0 saturated heterocycles. The zero-order chi connectivity index (χ0) is 17.8. The van der Waals surface area contributed by atoms with Crippen LogP contribution in [0.2, 0.25) is 0 Å². The number of rotatable bonds is 6. The van der Waals surface area contributed by atoms with E-state index in [1.807, 2.05) is 24.3 Å². The molecule has 1 atom stereocenters. The summed E-state index contributed by atoms with van der Waals surface area (Å²) in [5.74, 6) is 1.18. The summed E-state index contributed by atoms with van der Waals surface area (Å²) in [4.78, 5) is 12.1. The third-order valence-corrected chi connectivity index (χ3v) is 4.20. The Labute approximate surface area is 147 Å². The van der Waals surface area contributed by atoms with E-state index in [0.717, 1.165) is 23.1 Å². The van der Waals surface area contributed by atoms with E-state index in [1.165, 1.54) is 0 Å². The molecule has 1 unspecified atom stereocenters. The van der Waals surface area contributed by atoms with Gasteiger partial charge in [0.25, 0.3) is 5.22 Å². The lowest BCUT2D eigenvalue weighted by atomic mass is 10.2. The zero-order valence-electron chi connectivity index (χ0n) is 13.8. The third-order valence-electron chi connectivity index (χ3n) is 3.26. The first-order valence-electron chi connectivity index (χ1n) is 7.44. The Morgan fingerprint density at radius 2 is 2.04 bits per heavy atom. The van der Waals surface area contributed by atoms with Crippen LogP contribution in [0.25, 0.3) is 11.5 Å². The monoisotopic (exact) mass is 360 g/mol. The molecule has 0 aliphatic carbocycles. The summed E-state index contributed by atoms with van der Waals surface area (Å²) in [6.45, 7) is 3.51. The summed E-state index contributed by atoms with van der Waals surface area (Å²) in [5, 5.41) is 14.2. The minimum Gasteiger partial charge on any atom is -0.497 e. The summed E-state index contributed by atoms with van der Waals surface area (Å²) in [5.41, 5.74) is 1.46. The molecule has 25 heavy (non-hydrogen) atoms. The van der Waals surface area contributed by atoms with Crippen molar-refractivity contribution in [3.63, 3.8) is 0 Å². The van der Waals surface area contributed by atoms with Crippen LogP contribution in [0.3, 0.4) is 0 Å². The van der Waals surface area contributed by atoms with Crippen LogP contribution in [0.15, 0.2) is 44.5 Å². The van der Waals surface area contributed by atoms with Crippen LogP contribution in [-0.4, -0.2) is 33.6 Å². The van der Waals surface area contributed by atoms with Crippen LogP contribution in [0, 0.1) is 6.92 Å². The number of carbonyl (C=O) groups excluding carboxylic acids is 1. The lowest BCUT2D eigenvalue weighted by molar-refractivity contribution is -0.115. The van der Waals surface area contributed by atoms with E-state index in [-0.39, 0.29) is 5.91 Å². The van der Waals surface area contributed by atoms with Gasteiger partial charge >= 0.3 is 0 Å². The van der Waals surface area contributed by atoms with Gasteiger partial charge in [0.2, 0.25) is 17.7 Å². The smallest absolute Gasteiger partial charge is 0.277 e. The molecule has 0 bridgehead atoms. The number of aryl methyl sites for hydroxylation is 1. The van der Waals surface area contributed by atoms with E-state index in [4.69, 9.17) is 13.7 Å². The van der Waals surface area contributed by atoms with Crippen LogP contribution in [-0.2, 0) is 4.79 Å². The molecule has 1 aromatic carbocycles. The van der Waals surface area contributed by atoms with Gasteiger partial charge in [-0.1, -0.05) is 16.9 Å². The minimum atomic E-state index is -0.449. The average Bonchev–Trinajstić information content (AvgIpc) is 3.24. The molecule has 8 nitrogen and oxygen atoms in total. The van der Waals surface area contributed by atoms with Gasteiger partial charge in [0.1, 0.15) is 5.75 Å². The fourth-order valence-electron chi connectivity index (χ4n) is 1.96. The SMILES string of the molecule is COc1ccc(-c2nnc(SC(C)C(=O)Nc3cc(C)no3)o2)cc1. The molecule has 0 aliphatic rings. The number of ether oxygens (including phenoxy) is 1. The van der Waals surface area contributed by atoms with Gasteiger partial charge < -0.3 is 13.7 Å². The Hall–Kier alpha value is -2.81. The van der Waals surface area contributed by atoms with Gasteiger partial charge in [-0.15, -0.1) is 10.2 Å². The third kappa shape index (κ3) is 4.18. The predicted octanol–water partition coefficient (Wildman–Crippen LogP) is 3.16. The first kappa shape index (κ1) is 17.0. The Bertz CT molecular complexity index is 859. The second-order valence-corrected chi connectivity index (χ2v) is 6.48. The highest BCUT2D eigenvalue weighted by atomic mass is 32.2. The largest absolute Gasteiger partial charge is 0.497 e. The lowest BCUT2D eigenvalue weighted by Gasteiger charge is -2.06.